The highest BCUT2D eigenvalue weighted by Crippen LogP contribution is 2.31. The number of hydrogen-bond donors (Lipinski definition) is 2. The maximum absolute atomic E-state index is 12.7. The summed E-state index contributed by atoms with van der Waals surface area (Å²) in [5.41, 5.74) is 1.90. The molecule has 1 saturated heterocycles. The van der Waals surface area contributed by atoms with Crippen molar-refractivity contribution < 1.29 is 19.4 Å². The Hall–Kier alpha value is -2.61. The number of nitrogens with zero attached hydrogens (tertiary/aromatic N) is 3. The van der Waals surface area contributed by atoms with E-state index in [4.69, 9.17) is 4.74 Å². The number of unbranched alkanes of at least 4 members (excludes halogenated alkanes) is 1. The lowest BCUT2D eigenvalue weighted by Crippen LogP contribution is -2.43. The van der Waals surface area contributed by atoms with Crippen molar-refractivity contribution in [2.45, 2.75) is 64.0 Å². The van der Waals surface area contributed by atoms with Crippen LogP contribution in [0.4, 0.5) is 5.69 Å². The average molecular weight is 429 g/mol. The van der Waals surface area contributed by atoms with Crippen molar-refractivity contribution in [3.05, 3.63) is 23.8 Å². The van der Waals surface area contributed by atoms with E-state index < -0.39 is 0 Å². The Kier molecular flexibility index (Phi) is 7.06. The maximum atomic E-state index is 12.7. The van der Waals surface area contributed by atoms with Crippen LogP contribution in [0.1, 0.15) is 56.9 Å². The molecule has 2 fully saturated rings. The number of nitrogens with one attached hydrogen (secondary N) is 1. The molecule has 0 atom stereocenters. The van der Waals surface area contributed by atoms with Crippen LogP contribution in [0.15, 0.2) is 23.2 Å². The van der Waals surface area contributed by atoms with Crippen LogP contribution >= 0.6 is 0 Å². The molecule has 4 rings (SSSR count). The molecule has 3 aliphatic rings. The van der Waals surface area contributed by atoms with Crippen LogP contribution in [0.25, 0.3) is 0 Å². The van der Waals surface area contributed by atoms with Crippen molar-refractivity contribution in [1.29, 1.82) is 0 Å². The van der Waals surface area contributed by atoms with Gasteiger partial charge in [0.05, 0.1) is 18.9 Å². The van der Waals surface area contributed by atoms with Gasteiger partial charge in [0.25, 0.3) is 0 Å². The number of ether oxygens (including phenoxy) is 1. The number of amides is 2. The SMILES string of the molecule is O=C1CN2Cc3ccc(OCCCCC(=O)N(CCO)C4CCCCC4)cc3N=C2N1. The van der Waals surface area contributed by atoms with E-state index in [2.05, 4.69) is 10.3 Å². The molecule has 0 unspecified atom stereocenters. The molecule has 2 N–H and O–H groups in total. The van der Waals surface area contributed by atoms with Crippen molar-refractivity contribution in [3.63, 3.8) is 0 Å². The normalized spacial score (nSPS) is 18.2. The van der Waals surface area contributed by atoms with Gasteiger partial charge in [-0.3, -0.25) is 14.9 Å². The number of fused-ring (bicyclic) bond motifs is 2. The predicted molar refractivity (Wildman–Crippen MR) is 117 cm³/mol. The number of aliphatic hydroxyl groups excluding tert-OH is 1. The molecule has 8 heteroatoms. The topological polar surface area (TPSA) is 94.5 Å². The fourth-order valence-corrected chi connectivity index (χ4v) is 4.64. The average Bonchev–Trinajstić information content (AvgIpc) is 3.14. The number of rotatable bonds is 9. The Balaban J connectivity index is 1.22. The van der Waals surface area contributed by atoms with Gasteiger partial charge in [-0.2, -0.15) is 0 Å². The highest BCUT2D eigenvalue weighted by atomic mass is 16.5. The van der Waals surface area contributed by atoms with Gasteiger partial charge < -0.3 is 19.6 Å². The Morgan fingerprint density at radius 1 is 1.23 bits per heavy atom. The molecule has 8 nitrogen and oxygen atoms in total. The third-order valence-corrected chi connectivity index (χ3v) is 6.26. The first-order chi connectivity index (χ1) is 15.1. The van der Waals surface area contributed by atoms with E-state index in [0.717, 1.165) is 42.7 Å². The van der Waals surface area contributed by atoms with Crippen molar-refractivity contribution in [2.75, 3.05) is 26.3 Å². The molecule has 31 heavy (non-hydrogen) atoms. The lowest BCUT2D eigenvalue weighted by molar-refractivity contribution is -0.135. The van der Waals surface area contributed by atoms with Crippen LogP contribution in [0.2, 0.25) is 0 Å². The second-order valence-corrected chi connectivity index (χ2v) is 8.54. The predicted octanol–water partition coefficient (Wildman–Crippen LogP) is 2.32. The maximum Gasteiger partial charge on any atom is 0.246 e. The Labute approximate surface area is 183 Å². The minimum absolute atomic E-state index is 0.0231. The van der Waals surface area contributed by atoms with Crippen LogP contribution in [-0.4, -0.2) is 65.0 Å². The van der Waals surface area contributed by atoms with E-state index in [9.17, 15) is 14.7 Å². The largest absolute Gasteiger partial charge is 0.494 e. The molecule has 0 aromatic heterocycles. The van der Waals surface area contributed by atoms with E-state index >= 15 is 0 Å². The van der Waals surface area contributed by atoms with E-state index in [1.54, 1.807) is 0 Å². The Morgan fingerprint density at radius 2 is 2.06 bits per heavy atom. The standard InChI is InChI=1S/C23H32N4O4/c28-12-11-27(18-6-2-1-3-7-18)22(30)8-4-5-13-31-19-10-9-17-15-26-16-21(29)25-23(26)24-20(17)14-19/h9-10,14,18,28H,1-8,11-13,15-16H2,(H,24,25,29). The Bertz CT molecular complexity index is 835. The van der Waals surface area contributed by atoms with Crippen LogP contribution in [0.5, 0.6) is 5.75 Å². The van der Waals surface area contributed by atoms with Crippen LogP contribution in [0.3, 0.4) is 0 Å². The Morgan fingerprint density at radius 3 is 2.87 bits per heavy atom. The first-order valence-corrected chi connectivity index (χ1v) is 11.4. The van der Waals surface area contributed by atoms with Gasteiger partial charge >= 0.3 is 0 Å². The number of aliphatic hydroxyl groups is 1. The first kappa shape index (κ1) is 21.6. The molecule has 1 aromatic carbocycles. The summed E-state index contributed by atoms with van der Waals surface area (Å²) in [6.07, 6.45) is 7.75. The summed E-state index contributed by atoms with van der Waals surface area (Å²) in [6.45, 7) is 2.02. The number of aliphatic imine (C=N–C) groups is 1. The molecule has 0 radical (unpaired) electrons. The third kappa shape index (κ3) is 5.36. The van der Waals surface area contributed by atoms with Gasteiger partial charge in [0.1, 0.15) is 12.3 Å². The second-order valence-electron chi connectivity index (χ2n) is 8.54. The smallest absolute Gasteiger partial charge is 0.246 e. The molecule has 2 amide bonds. The summed E-state index contributed by atoms with van der Waals surface area (Å²) in [5, 5.41) is 12.1. The van der Waals surface area contributed by atoms with Gasteiger partial charge in [0, 0.05) is 31.6 Å². The molecule has 0 spiro atoms. The van der Waals surface area contributed by atoms with Gasteiger partial charge in [-0.15, -0.1) is 0 Å². The van der Waals surface area contributed by atoms with Gasteiger partial charge in [-0.1, -0.05) is 25.3 Å². The summed E-state index contributed by atoms with van der Waals surface area (Å²) in [7, 11) is 0. The van der Waals surface area contributed by atoms with Crippen LogP contribution < -0.4 is 10.1 Å². The molecule has 0 bridgehead atoms. The molecular weight excluding hydrogens is 396 g/mol. The van der Waals surface area contributed by atoms with Crippen LogP contribution in [0, 0.1) is 0 Å². The lowest BCUT2D eigenvalue weighted by atomic mass is 9.94. The molecule has 1 saturated carbocycles. The van der Waals surface area contributed by atoms with Gasteiger partial charge in [-0.25, -0.2) is 4.99 Å². The van der Waals surface area contributed by atoms with Gasteiger partial charge in [-0.05, 0) is 37.3 Å². The van der Waals surface area contributed by atoms with Crippen molar-refractivity contribution in [3.8, 4) is 5.75 Å². The van der Waals surface area contributed by atoms with Crippen molar-refractivity contribution >= 4 is 23.5 Å². The zero-order valence-corrected chi connectivity index (χ0v) is 18.0. The molecule has 168 valence electrons. The summed E-state index contributed by atoms with van der Waals surface area (Å²) in [6, 6.07) is 6.12. The molecule has 2 aliphatic heterocycles. The molecule has 1 aromatic rings. The van der Waals surface area contributed by atoms with Gasteiger partial charge in [0.15, 0.2) is 0 Å². The van der Waals surface area contributed by atoms with E-state index in [0.29, 0.717) is 44.7 Å². The fourth-order valence-electron chi connectivity index (χ4n) is 4.64. The lowest BCUT2D eigenvalue weighted by Gasteiger charge is -2.34. The van der Waals surface area contributed by atoms with E-state index in [-0.39, 0.29) is 18.4 Å². The highest BCUT2D eigenvalue weighted by molar-refractivity contribution is 6.05. The summed E-state index contributed by atoms with van der Waals surface area (Å²) in [4.78, 5) is 32.6. The number of hydrogen-bond acceptors (Lipinski definition) is 6. The van der Waals surface area contributed by atoms with Crippen molar-refractivity contribution in [1.82, 2.24) is 15.1 Å². The number of guanidine groups is 1. The molecular formula is C23H32N4O4. The van der Waals surface area contributed by atoms with Crippen molar-refractivity contribution in [2.24, 2.45) is 4.99 Å². The summed E-state index contributed by atoms with van der Waals surface area (Å²) < 4.78 is 5.88. The second kappa shape index (κ2) is 10.1. The summed E-state index contributed by atoms with van der Waals surface area (Å²) in [5.74, 6) is 1.47. The zero-order chi connectivity index (χ0) is 21.6. The number of carbonyl (C=O) groups excluding carboxylic acids is 2. The quantitative estimate of drug-likeness (QED) is 0.589. The number of benzene rings is 1. The van der Waals surface area contributed by atoms with E-state index in [1.165, 1.54) is 19.3 Å². The van der Waals surface area contributed by atoms with Crippen LogP contribution in [-0.2, 0) is 16.1 Å². The minimum Gasteiger partial charge on any atom is -0.494 e. The van der Waals surface area contributed by atoms with E-state index in [1.807, 2.05) is 28.0 Å². The highest BCUT2D eigenvalue weighted by Gasteiger charge is 2.29. The van der Waals surface area contributed by atoms with Gasteiger partial charge in [0.2, 0.25) is 17.8 Å². The molecule has 2 heterocycles. The summed E-state index contributed by atoms with van der Waals surface area (Å²) >= 11 is 0. The monoisotopic (exact) mass is 428 g/mol. The third-order valence-electron chi connectivity index (χ3n) is 6.26. The minimum atomic E-state index is -0.0291. The first-order valence-electron chi connectivity index (χ1n) is 11.4. The fraction of sp³-hybridized carbons (Fsp3) is 0.609. The molecule has 1 aliphatic carbocycles. The zero-order valence-electron chi connectivity index (χ0n) is 18.0. The number of carbonyl (C=O) groups is 2.